The van der Waals surface area contributed by atoms with E-state index < -0.39 is 0 Å². The van der Waals surface area contributed by atoms with Gasteiger partial charge in [0.25, 0.3) is 0 Å². The number of hydrogen-bond acceptors (Lipinski definition) is 3. The molecule has 0 bridgehead atoms. The van der Waals surface area contributed by atoms with Gasteiger partial charge in [-0.05, 0) is 52.0 Å². The Labute approximate surface area is 112 Å². The molecule has 1 nitrogen and oxygen atoms in total. The first-order valence-electron chi connectivity index (χ1n) is 5.19. The van der Waals surface area contributed by atoms with Crippen molar-refractivity contribution >= 4 is 38.6 Å². The molecule has 2 aromatic heterocycles. The Kier molecular flexibility index (Phi) is 4.58. The predicted molar refractivity (Wildman–Crippen MR) is 74.2 cm³/mol. The van der Waals surface area contributed by atoms with Gasteiger partial charge in [0.15, 0.2) is 0 Å². The summed E-state index contributed by atoms with van der Waals surface area (Å²) in [7, 11) is 0. The molecule has 0 radical (unpaired) electrons. The van der Waals surface area contributed by atoms with Crippen LogP contribution in [0.4, 0.5) is 0 Å². The minimum Gasteiger partial charge on any atom is -0.388 e. The van der Waals surface area contributed by atoms with Crippen molar-refractivity contribution in [3.8, 4) is 0 Å². The first-order chi connectivity index (χ1) is 7.77. The third-order valence-electron chi connectivity index (χ3n) is 2.48. The SMILES string of the molecule is OC(CCCc1cccs1)c1cscc1Br. The molecule has 0 spiro atoms. The van der Waals surface area contributed by atoms with Crippen molar-refractivity contribution in [2.75, 3.05) is 0 Å². The standard InChI is InChI=1S/C12H13BrOS2/c13-11-8-15-7-10(11)12(14)5-1-3-9-4-2-6-16-9/h2,4,6-8,12,14H,1,3,5H2. The number of aliphatic hydroxyl groups excluding tert-OH is 1. The lowest BCUT2D eigenvalue weighted by Gasteiger charge is -2.09. The molecule has 2 rings (SSSR count). The van der Waals surface area contributed by atoms with Gasteiger partial charge in [0, 0.05) is 20.3 Å². The summed E-state index contributed by atoms with van der Waals surface area (Å²) in [6.07, 6.45) is 2.59. The van der Waals surface area contributed by atoms with Gasteiger partial charge in [-0.15, -0.1) is 11.3 Å². The highest BCUT2D eigenvalue weighted by Gasteiger charge is 2.11. The van der Waals surface area contributed by atoms with Crippen LogP contribution in [0.2, 0.25) is 0 Å². The highest BCUT2D eigenvalue weighted by molar-refractivity contribution is 9.10. The largest absolute Gasteiger partial charge is 0.388 e. The average molecular weight is 317 g/mol. The number of hydrogen-bond donors (Lipinski definition) is 1. The topological polar surface area (TPSA) is 20.2 Å². The van der Waals surface area contributed by atoms with Crippen molar-refractivity contribution in [2.45, 2.75) is 25.4 Å². The minimum absolute atomic E-state index is 0.333. The summed E-state index contributed by atoms with van der Waals surface area (Å²) in [6.45, 7) is 0. The zero-order chi connectivity index (χ0) is 11.4. The number of aliphatic hydroxyl groups is 1. The average Bonchev–Trinajstić information content (AvgIpc) is 2.88. The van der Waals surface area contributed by atoms with E-state index in [9.17, 15) is 5.11 Å². The molecule has 1 atom stereocenters. The molecule has 0 amide bonds. The zero-order valence-corrected chi connectivity index (χ0v) is 11.9. The van der Waals surface area contributed by atoms with E-state index in [1.165, 1.54) is 4.88 Å². The van der Waals surface area contributed by atoms with Crippen LogP contribution >= 0.6 is 38.6 Å². The van der Waals surface area contributed by atoms with Gasteiger partial charge >= 0.3 is 0 Å². The number of thiophene rings is 2. The van der Waals surface area contributed by atoms with Crippen LogP contribution in [-0.4, -0.2) is 5.11 Å². The van der Waals surface area contributed by atoms with Crippen LogP contribution in [0.25, 0.3) is 0 Å². The van der Waals surface area contributed by atoms with E-state index in [0.29, 0.717) is 0 Å². The fourth-order valence-electron chi connectivity index (χ4n) is 1.61. The second-order valence-electron chi connectivity index (χ2n) is 3.66. The van der Waals surface area contributed by atoms with E-state index in [1.807, 2.05) is 10.8 Å². The summed E-state index contributed by atoms with van der Waals surface area (Å²) >= 11 is 6.86. The lowest BCUT2D eigenvalue weighted by atomic mass is 10.1. The molecule has 0 saturated heterocycles. The van der Waals surface area contributed by atoms with E-state index in [2.05, 4.69) is 33.4 Å². The van der Waals surface area contributed by atoms with Crippen LogP contribution in [0.5, 0.6) is 0 Å². The van der Waals surface area contributed by atoms with Gasteiger partial charge in [-0.3, -0.25) is 0 Å². The third-order valence-corrected chi connectivity index (χ3v) is 5.17. The van der Waals surface area contributed by atoms with Gasteiger partial charge in [-0.25, -0.2) is 0 Å². The van der Waals surface area contributed by atoms with Gasteiger partial charge in [0.2, 0.25) is 0 Å². The van der Waals surface area contributed by atoms with Crippen molar-refractivity contribution in [3.63, 3.8) is 0 Å². The molecule has 0 fully saturated rings. The minimum atomic E-state index is -0.333. The molecule has 4 heteroatoms. The fraction of sp³-hybridized carbons (Fsp3) is 0.333. The van der Waals surface area contributed by atoms with Crippen molar-refractivity contribution < 1.29 is 5.11 Å². The van der Waals surface area contributed by atoms with Crippen LogP contribution in [0.3, 0.4) is 0 Å². The maximum atomic E-state index is 10.00. The Morgan fingerprint density at radius 2 is 2.25 bits per heavy atom. The van der Waals surface area contributed by atoms with Gasteiger partial charge in [0.1, 0.15) is 0 Å². The number of aryl methyl sites for hydroxylation is 1. The van der Waals surface area contributed by atoms with Gasteiger partial charge < -0.3 is 5.11 Å². The van der Waals surface area contributed by atoms with Crippen molar-refractivity contribution in [1.29, 1.82) is 0 Å². The summed E-state index contributed by atoms with van der Waals surface area (Å²) < 4.78 is 1.03. The summed E-state index contributed by atoms with van der Waals surface area (Å²) in [5.41, 5.74) is 1.02. The Morgan fingerprint density at radius 3 is 2.88 bits per heavy atom. The molecule has 2 heterocycles. The quantitative estimate of drug-likeness (QED) is 0.852. The van der Waals surface area contributed by atoms with E-state index in [-0.39, 0.29) is 6.10 Å². The van der Waals surface area contributed by atoms with Gasteiger partial charge in [0.05, 0.1) is 6.10 Å². The zero-order valence-electron chi connectivity index (χ0n) is 8.73. The summed E-state index contributed by atoms with van der Waals surface area (Å²) in [6, 6.07) is 4.23. The molecule has 0 aliphatic carbocycles. The second-order valence-corrected chi connectivity index (χ2v) is 6.29. The summed E-state index contributed by atoms with van der Waals surface area (Å²) in [5, 5.41) is 16.1. The highest BCUT2D eigenvalue weighted by Crippen LogP contribution is 2.30. The predicted octanol–water partition coefficient (Wildman–Crippen LogP) is 4.63. The van der Waals surface area contributed by atoms with Crippen LogP contribution in [0, 0.1) is 0 Å². The fourth-order valence-corrected chi connectivity index (χ4v) is 3.97. The normalized spacial score (nSPS) is 12.9. The molecule has 86 valence electrons. The molecule has 0 aliphatic rings. The lowest BCUT2D eigenvalue weighted by Crippen LogP contribution is -1.97. The van der Waals surface area contributed by atoms with Gasteiger partial charge in [-0.2, -0.15) is 11.3 Å². The molecular weight excluding hydrogens is 304 g/mol. The first-order valence-corrected chi connectivity index (χ1v) is 7.81. The van der Waals surface area contributed by atoms with Crippen LogP contribution < -0.4 is 0 Å². The highest BCUT2D eigenvalue weighted by atomic mass is 79.9. The molecule has 0 saturated carbocycles. The first kappa shape index (κ1) is 12.3. The Balaban J connectivity index is 1.80. The van der Waals surface area contributed by atoms with E-state index in [1.54, 1.807) is 22.7 Å². The van der Waals surface area contributed by atoms with Gasteiger partial charge in [-0.1, -0.05) is 6.07 Å². The van der Waals surface area contributed by atoms with Crippen molar-refractivity contribution in [3.05, 3.63) is 43.2 Å². The third kappa shape index (κ3) is 3.17. The monoisotopic (exact) mass is 316 g/mol. The maximum absolute atomic E-state index is 10.00. The smallest absolute Gasteiger partial charge is 0.0809 e. The van der Waals surface area contributed by atoms with Crippen LogP contribution in [0.15, 0.2) is 32.7 Å². The molecule has 1 unspecified atom stereocenters. The van der Waals surface area contributed by atoms with E-state index in [4.69, 9.17) is 0 Å². The number of halogens is 1. The molecule has 0 aliphatic heterocycles. The number of rotatable bonds is 5. The summed E-state index contributed by atoms with van der Waals surface area (Å²) in [5.74, 6) is 0. The molecule has 2 aromatic rings. The van der Waals surface area contributed by atoms with Crippen molar-refractivity contribution in [1.82, 2.24) is 0 Å². The lowest BCUT2D eigenvalue weighted by molar-refractivity contribution is 0.164. The molecule has 1 N–H and O–H groups in total. The molecule has 0 aromatic carbocycles. The van der Waals surface area contributed by atoms with Crippen LogP contribution in [-0.2, 0) is 6.42 Å². The summed E-state index contributed by atoms with van der Waals surface area (Å²) in [4.78, 5) is 1.40. The van der Waals surface area contributed by atoms with Crippen LogP contribution in [0.1, 0.15) is 29.4 Å². The molecule has 16 heavy (non-hydrogen) atoms. The maximum Gasteiger partial charge on any atom is 0.0809 e. The van der Waals surface area contributed by atoms with E-state index >= 15 is 0 Å². The second kappa shape index (κ2) is 5.96. The Bertz CT molecular complexity index is 422. The van der Waals surface area contributed by atoms with E-state index in [0.717, 1.165) is 29.3 Å². The Morgan fingerprint density at radius 1 is 1.38 bits per heavy atom. The molecular formula is C12H13BrOS2. The Hall–Kier alpha value is -0.160. The van der Waals surface area contributed by atoms with Crippen molar-refractivity contribution in [2.24, 2.45) is 0 Å².